The monoisotopic (exact) mass is 528 g/mol. The van der Waals surface area contributed by atoms with Crippen LogP contribution in [0.15, 0.2) is 158 Å². The van der Waals surface area contributed by atoms with Crippen molar-refractivity contribution in [1.29, 1.82) is 0 Å². The van der Waals surface area contributed by atoms with E-state index in [1.165, 1.54) is 22.3 Å². The van der Waals surface area contributed by atoms with Crippen molar-refractivity contribution in [2.24, 2.45) is 0 Å². The molecule has 0 spiro atoms. The van der Waals surface area contributed by atoms with Gasteiger partial charge in [-0.05, 0) is 58.4 Å². The molecule has 1 heterocycles. The molecule has 1 heteroatoms. The SMILES string of the molecule is Cc1cccc2c1-c1c(C)cccc1C(c1ccccc1)(c1ccccc1)OC2(c1ccccc1)c1ccccc1. The fourth-order valence-corrected chi connectivity index (χ4v) is 6.81. The average molecular weight is 529 g/mol. The van der Waals surface area contributed by atoms with Crippen molar-refractivity contribution in [2.45, 2.75) is 25.0 Å². The molecular weight excluding hydrogens is 496 g/mol. The number of rotatable bonds is 4. The molecule has 1 aliphatic rings. The van der Waals surface area contributed by atoms with E-state index in [4.69, 9.17) is 4.74 Å². The molecule has 0 N–H and O–H groups in total. The molecule has 0 radical (unpaired) electrons. The van der Waals surface area contributed by atoms with Gasteiger partial charge in [0.15, 0.2) is 0 Å². The molecule has 1 aliphatic heterocycles. The maximum Gasteiger partial charge on any atom is 0.146 e. The maximum absolute atomic E-state index is 8.09. The minimum absolute atomic E-state index is 0.916. The van der Waals surface area contributed by atoms with E-state index in [2.05, 4.69) is 172 Å². The standard InChI is InChI=1S/C40H32O/c1-29-17-15-27-35-37(29)38-30(2)18-16-28-36(38)40(33-23-11-5-12-24-33,34-25-13-6-14-26-34)41-39(35,31-19-7-3-8-20-31)32-21-9-4-10-22-32/h3-28H,1-2H3. The van der Waals surface area contributed by atoms with E-state index < -0.39 is 11.2 Å². The Bertz CT molecular complexity index is 1590. The van der Waals surface area contributed by atoms with E-state index in [-0.39, 0.29) is 0 Å². The lowest BCUT2D eigenvalue weighted by molar-refractivity contribution is -0.0787. The molecule has 0 aromatic heterocycles. The lowest BCUT2D eigenvalue weighted by Gasteiger charge is -2.45. The summed E-state index contributed by atoms with van der Waals surface area (Å²) in [6.45, 7) is 4.46. The zero-order valence-electron chi connectivity index (χ0n) is 23.4. The summed E-state index contributed by atoms with van der Waals surface area (Å²) in [5, 5.41) is 0. The van der Waals surface area contributed by atoms with Crippen molar-refractivity contribution in [2.75, 3.05) is 0 Å². The van der Waals surface area contributed by atoms with Crippen molar-refractivity contribution < 1.29 is 4.74 Å². The van der Waals surface area contributed by atoms with Gasteiger partial charge in [-0.25, -0.2) is 0 Å². The Labute approximate surface area is 242 Å². The largest absolute Gasteiger partial charge is 0.340 e. The number of benzene rings is 6. The van der Waals surface area contributed by atoms with Crippen molar-refractivity contribution in [3.05, 3.63) is 202 Å². The van der Waals surface area contributed by atoms with Crippen molar-refractivity contribution >= 4 is 0 Å². The summed E-state index contributed by atoms with van der Waals surface area (Å²) < 4.78 is 8.09. The van der Waals surface area contributed by atoms with Gasteiger partial charge >= 0.3 is 0 Å². The molecule has 1 nitrogen and oxygen atoms in total. The van der Waals surface area contributed by atoms with Gasteiger partial charge in [0.25, 0.3) is 0 Å². The molecule has 0 unspecified atom stereocenters. The van der Waals surface area contributed by atoms with Crippen LogP contribution in [0.5, 0.6) is 0 Å². The molecule has 0 saturated heterocycles. The van der Waals surface area contributed by atoms with E-state index in [1.54, 1.807) is 0 Å². The van der Waals surface area contributed by atoms with E-state index in [0.29, 0.717) is 0 Å². The highest BCUT2D eigenvalue weighted by Crippen LogP contribution is 2.58. The first-order chi connectivity index (χ1) is 20.2. The number of fused-ring (bicyclic) bond motifs is 3. The molecule has 0 aliphatic carbocycles. The minimum atomic E-state index is -0.916. The smallest absolute Gasteiger partial charge is 0.146 e. The van der Waals surface area contributed by atoms with Crippen molar-refractivity contribution in [1.82, 2.24) is 0 Å². The Balaban J connectivity index is 1.76. The van der Waals surface area contributed by atoms with Crippen molar-refractivity contribution in [3.8, 4) is 11.1 Å². The van der Waals surface area contributed by atoms with Gasteiger partial charge in [-0.15, -0.1) is 0 Å². The normalized spacial score (nSPS) is 14.9. The first-order valence-electron chi connectivity index (χ1n) is 14.3. The molecule has 198 valence electrons. The van der Waals surface area contributed by atoms with Gasteiger partial charge in [-0.2, -0.15) is 0 Å². The summed E-state index contributed by atoms with van der Waals surface area (Å²) in [7, 11) is 0. The topological polar surface area (TPSA) is 9.23 Å². The van der Waals surface area contributed by atoms with Gasteiger partial charge in [0.2, 0.25) is 0 Å². The third-order valence-electron chi connectivity index (χ3n) is 8.58. The van der Waals surface area contributed by atoms with Crippen LogP contribution in [-0.2, 0) is 15.9 Å². The summed E-state index contributed by atoms with van der Waals surface area (Å²) in [4.78, 5) is 0. The quantitative estimate of drug-likeness (QED) is 0.221. The molecule has 41 heavy (non-hydrogen) atoms. The molecule has 7 rings (SSSR count). The van der Waals surface area contributed by atoms with Crippen LogP contribution in [0, 0.1) is 13.8 Å². The van der Waals surface area contributed by atoms with E-state index in [9.17, 15) is 0 Å². The molecular formula is C40H32O. The summed E-state index contributed by atoms with van der Waals surface area (Å²) in [5.41, 5.74) is 9.80. The zero-order valence-corrected chi connectivity index (χ0v) is 23.4. The average Bonchev–Trinajstić information content (AvgIpc) is 3.16. The molecule has 6 aromatic rings. The van der Waals surface area contributed by atoms with Gasteiger partial charge in [-0.1, -0.05) is 158 Å². The summed E-state index contributed by atoms with van der Waals surface area (Å²) in [6, 6.07) is 56.3. The third-order valence-corrected chi connectivity index (χ3v) is 8.58. The predicted octanol–water partition coefficient (Wildman–Crippen LogP) is 9.58. The highest BCUT2D eigenvalue weighted by molar-refractivity contribution is 5.82. The second kappa shape index (κ2) is 10.0. The predicted molar refractivity (Wildman–Crippen MR) is 168 cm³/mol. The number of hydrogen-bond donors (Lipinski definition) is 0. The highest BCUT2D eigenvalue weighted by atomic mass is 16.5. The van der Waals surface area contributed by atoms with Crippen LogP contribution in [0.3, 0.4) is 0 Å². The number of hydrogen-bond acceptors (Lipinski definition) is 1. The first-order valence-corrected chi connectivity index (χ1v) is 14.3. The van der Waals surface area contributed by atoms with Crippen LogP contribution < -0.4 is 0 Å². The Kier molecular flexibility index (Phi) is 6.18. The summed E-state index contributed by atoms with van der Waals surface area (Å²) in [5.74, 6) is 0. The molecule has 0 atom stereocenters. The molecule has 0 amide bonds. The molecule has 0 bridgehead atoms. The zero-order chi connectivity index (χ0) is 27.9. The summed E-state index contributed by atoms with van der Waals surface area (Å²) in [6.07, 6.45) is 0. The highest BCUT2D eigenvalue weighted by Gasteiger charge is 2.53. The summed E-state index contributed by atoms with van der Waals surface area (Å²) >= 11 is 0. The molecule has 0 saturated carbocycles. The Hall–Kier alpha value is -4.72. The van der Waals surface area contributed by atoms with Crippen LogP contribution in [-0.4, -0.2) is 0 Å². The second-order valence-electron chi connectivity index (χ2n) is 10.9. The van der Waals surface area contributed by atoms with Gasteiger partial charge in [-0.3, -0.25) is 0 Å². The van der Waals surface area contributed by atoms with Gasteiger partial charge < -0.3 is 4.74 Å². The Morgan fingerprint density at radius 3 is 0.927 bits per heavy atom. The Morgan fingerprint density at radius 1 is 0.341 bits per heavy atom. The number of aryl methyl sites for hydroxylation is 2. The number of ether oxygens (including phenoxy) is 1. The van der Waals surface area contributed by atoms with Crippen LogP contribution in [0.1, 0.15) is 44.5 Å². The molecule has 0 fully saturated rings. The van der Waals surface area contributed by atoms with Crippen LogP contribution in [0.2, 0.25) is 0 Å². The third kappa shape index (κ3) is 3.81. The van der Waals surface area contributed by atoms with Crippen molar-refractivity contribution in [3.63, 3.8) is 0 Å². The fraction of sp³-hybridized carbons (Fsp3) is 0.100. The molecule has 6 aromatic carbocycles. The lowest BCUT2D eigenvalue weighted by Crippen LogP contribution is -2.43. The maximum atomic E-state index is 8.09. The van der Waals surface area contributed by atoms with Gasteiger partial charge in [0.05, 0.1) is 0 Å². The minimum Gasteiger partial charge on any atom is -0.340 e. The van der Waals surface area contributed by atoms with E-state index >= 15 is 0 Å². The first kappa shape index (κ1) is 25.3. The Morgan fingerprint density at radius 2 is 0.634 bits per heavy atom. The lowest BCUT2D eigenvalue weighted by atomic mass is 9.75. The fourth-order valence-electron chi connectivity index (χ4n) is 6.81. The van der Waals surface area contributed by atoms with Crippen LogP contribution in [0.4, 0.5) is 0 Å². The second-order valence-corrected chi connectivity index (χ2v) is 10.9. The van der Waals surface area contributed by atoms with Crippen LogP contribution in [0.25, 0.3) is 11.1 Å². The van der Waals surface area contributed by atoms with Crippen LogP contribution >= 0.6 is 0 Å². The van der Waals surface area contributed by atoms with Gasteiger partial charge in [0.1, 0.15) is 11.2 Å². The van der Waals surface area contributed by atoms with E-state index in [1.807, 2.05) is 0 Å². The van der Waals surface area contributed by atoms with E-state index in [0.717, 1.165) is 33.4 Å². The van der Waals surface area contributed by atoms with Gasteiger partial charge in [0, 0.05) is 11.1 Å².